The van der Waals surface area contributed by atoms with Crippen LogP contribution in [0.2, 0.25) is 0 Å². The average molecular weight is 294 g/mol. The molecular formula is C16H26N2O3. The number of hydrogen-bond donors (Lipinski definition) is 1. The molecule has 0 spiro atoms. The lowest BCUT2D eigenvalue weighted by atomic mass is 10.2. The van der Waals surface area contributed by atoms with Crippen molar-refractivity contribution in [3.8, 4) is 5.75 Å². The molecule has 1 aromatic carbocycles. The van der Waals surface area contributed by atoms with Gasteiger partial charge in [0.25, 0.3) is 0 Å². The summed E-state index contributed by atoms with van der Waals surface area (Å²) >= 11 is 0. The number of carbonyl (C=O) groups is 1. The second-order valence-electron chi connectivity index (χ2n) is 4.91. The van der Waals surface area contributed by atoms with Crippen molar-refractivity contribution in [2.75, 3.05) is 33.4 Å². The summed E-state index contributed by atoms with van der Waals surface area (Å²) in [6.45, 7) is 5.07. The number of nitrogens with zero attached hydrogens (tertiary/aromatic N) is 1. The van der Waals surface area contributed by atoms with Crippen LogP contribution in [0.4, 0.5) is 0 Å². The van der Waals surface area contributed by atoms with Gasteiger partial charge >= 0.3 is 5.97 Å². The van der Waals surface area contributed by atoms with Crippen molar-refractivity contribution in [3.05, 3.63) is 29.8 Å². The highest BCUT2D eigenvalue weighted by molar-refractivity contribution is 5.69. The first-order valence-electron chi connectivity index (χ1n) is 7.41. The highest BCUT2D eigenvalue weighted by Gasteiger charge is 2.05. The predicted octanol–water partition coefficient (Wildman–Crippen LogP) is 1.80. The summed E-state index contributed by atoms with van der Waals surface area (Å²) in [7, 11) is 2.00. The maximum absolute atomic E-state index is 11.2. The summed E-state index contributed by atoms with van der Waals surface area (Å²) in [5.74, 6) is 0.724. The van der Waals surface area contributed by atoms with E-state index in [0.29, 0.717) is 32.7 Å². The Kier molecular flexibility index (Phi) is 8.47. The van der Waals surface area contributed by atoms with Crippen molar-refractivity contribution in [3.63, 3.8) is 0 Å². The van der Waals surface area contributed by atoms with Gasteiger partial charge in [-0.15, -0.1) is 0 Å². The van der Waals surface area contributed by atoms with Crippen molar-refractivity contribution in [2.45, 2.75) is 26.3 Å². The van der Waals surface area contributed by atoms with Crippen LogP contribution in [0.25, 0.3) is 0 Å². The van der Waals surface area contributed by atoms with E-state index in [0.717, 1.165) is 24.3 Å². The molecule has 0 unspecified atom stereocenters. The van der Waals surface area contributed by atoms with Crippen molar-refractivity contribution in [1.82, 2.24) is 4.90 Å². The first-order valence-corrected chi connectivity index (χ1v) is 7.41. The second kappa shape index (κ2) is 10.2. The topological polar surface area (TPSA) is 64.8 Å². The molecule has 1 rings (SSSR count). The van der Waals surface area contributed by atoms with E-state index in [4.69, 9.17) is 15.2 Å². The summed E-state index contributed by atoms with van der Waals surface area (Å²) in [6, 6.07) is 7.82. The van der Waals surface area contributed by atoms with Crippen LogP contribution in [0, 0.1) is 0 Å². The molecule has 5 nitrogen and oxygen atoms in total. The molecule has 0 heterocycles. The van der Waals surface area contributed by atoms with E-state index in [-0.39, 0.29) is 5.97 Å². The Morgan fingerprint density at radius 3 is 2.57 bits per heavy atom. The van der Waals surface area contributed by atoms with Crippen LogP contribution < -0.4 is 10.5 Å². The van der Waals surface area contributed by atoms with Crippen LogP contribution in [0.3, 0.4) is 0 Å². The zero-order valence-corrected chi connectivity index (χ0v) is 13.0. The van der Waals surface area contributed by atoms with Gasteiger partial charge in [0.05, 0.1) is 19.6 Å². The largest absolute Gasteiger partial charge is 0.494 e. The van der Waals surface area contributed by atoms with Crippen LogP contribution in [-0.2, 0) is 16.1 Å². The minimum absolute atomic E-state index is 0.138. The van der Waals surface area contributed by atoms with Gasteiger partial charge in [-0.05, 0) is 38.1 Å². The normalized spacial score (nSPS) is 10.7. The van der Waals surface area contributed by atoms with Gasteiger partial charge in [-0.1, -0.05) is 12.1 Å². The molecule has 0 fully saturated rings. The molecule has 0 amide bonds. The Labute approximate surface area is 127 Å². The van der Waals surface area contributed by atoms with Crippen LogP contribution in [-0.4, -0.2) is 44.2 Å². The van der Waals surface area contributed by atoms with E-state index < -0.39 is 0 Å². The lowest BCUT2D eigenvalue weighted by Crippen LogP contribution is -2.24. The number of ether oxygens (including phenoxy) is 2. The maximum atomic E-state index is 11.2. The van der Waals surface area contributed by atoms with Gasteiger partial charge in [0.2, 0.25) is 0 Å². The van der Waals surface area contributed by atoms with Crippen LogP contribution in [0.1, 0.15) is 25.3 Å². The van der Waals surface area contributed by atoms with Gasteiger partial charge in [-0.3, -0.25) is 4.79 Å². The SMILES string of the molecule is CCOC(=O)CCN(C)CCCOc1ccc(CN)cc1. The van der Waals surface area contributed by atoms with Gasteiger partial charge in [0, 0.05) is 19.6 Å². The fourth-order valence-corrected chi connectivity index (χ4v) is 1.87. The van der Waals surface area contributed by atoms with Crippen molar-refractivity contribution in [1.29, 1.82) is 0 Å². The van der Waals surface area contributed by atoms with Gasteiger partial charge in [-0.2, -0.15) is 0 Å². The first kappa shape index (κ1) is 17.5. The zero-order chi connectivity index (χ0) is 15.5. The third-order valence-corrected chi connectivity index (χ3v) is 3.11. The average Bonchev–Trinajstić information content (AvgIpc) is 2.50. The van der Waals surface area contributed by atoms with E-state index in [1.54, 1.807) is 0 Å². The van der Waals surface area contributed by atoms with E-state index in [1.165, 1.54) is 0 Å². The van der Waals surface area contributed by atoms with Crippen LogP contribution in [0.15, 0.2) is 24.3 Å². The Hall–Kier alpha value is -1.59. The molecular weight excluding hydrogens is 268 g/mol. The highest BCUT2D eigenvalue weighted by Crippen LogP contribution is 2.11. The number of nitrogens with two attached hydrogens (primary N) is 1. The number of carbonyl (C=O) groups excluding carboxylic acids is 1. The Morgan fingerprint density at radius 2 is 1.95 bits per heavy atom. The molecule has 0 bridgehead atoms. The van der Waals surface area contributed by atoms with E-state index >= 15 is 0 Å². The molecule has 1 aromatic rings. The second-order valence-corrected chi connectivity index (χ2v) is 4.91. The number of hydrogen-bond acceptors (Lipinski definition) is 5. The van der Waals surface area contributed by atoms with E-state index in [9.17, 15) is 4.79 Å². The molecule has 21 heavy (non-hydrogen) atoms. The third kappa shape index (κ3) is 7.68. The lowest BCUT2D eigenvalue weighted by molar-refractivity contribution is -0.143. The fraction of sp³-hybridized carbons (Fsp3) is 0.562. The summed E-state index contributed by atoms with van der Waals surface area (Å²) in [6.07, 6.45) is 1.35. The maximum Gasteiger partial charge on any atom is 0.307 e. The zero-order valence-electron chi connectivity index (χ0n) is 13.0. The molecule has 118 valence electrons. The quantitative estimate of drug-likeness (QED) is 0.526. The molecule has 0 atom stereocenters. The minimum Gasteiger partial charge on any atom is -0.494 e. The Morgan fingerprint density at radius 1 is 1.24 bits per heavy atom. The molecule has 2 N–H and O–H groups in total. The number of esters is 1. The standard InChI is InChI=1S/C16H26N2O3/c1-3-20-16(19)9-11-18(2)10-4-12-21-15-7-5-14(13-17)6-8-15/h5-8H,3-4,9-13,17H2,1-2H3. The van der Waals surface area contributed by atoms with Crippen molar-refractivity contribution in [2.24, 2.45) is 5.73 Å². The van der Waals surface area contributed by atoms with Gasteiger partial charge < -0.3 is 20.1 Å². The van der Waals surface area contributed by atoms with Gasteiger partial charge in [0.15, 0.2) is 0 Å². The molecule has 0 aromatic heterocycles. The van der Waals surface area contributed by atoms with E-state index in [2.05, 4.69) is 4.90 Å². The highest BCUT2D eigenvalue weighted by atomic mass is 16.5. The lowest BCUT2D eigenvalue weighted by Gasteiger charge is -2.16. The molecule has 0 aliphatic heterocycles. The molecule has 0 saturated carbocycles. The molecule has 0 radical (unpaired) electrons. The number of rotatable bonds is 10. The monoisotopic (exact) mass is 294 g/mol. The Bertz CT molecular complexity index is 406. The van der Waals surface area contributed by atoms with Crippen LogP contribution in [0.5, 0.6) is 5.75 Å². The number of benzene rings is 1. The summed E-state index contributed by atoms with van der Waals surface area (Å²) in [5.41, 5.74) is 6.64. The predicted molar refractivity (Wildman–Crippen MR) is 83.2 cm³/mol. The van der Waals surface area contributed by atoms with Gasteiger partial charge in [-0.25, -0.2) is 0 Å². The Balaban J connectivity index is 2.11. The molecule has 0 aliphatic rings. The molecule has 0 aliphatic carbocycles. The van der Waals surface area contributed by atoms with Crippen LogP contribution >= 0.6 is 0 Å². The van der Waals surface area contributed by atoms with Crippen molar-refractivity contribution < 1.29 is 14.3 Å². The summed E-state index contributed by atoms with van der Waals surface area (Å²) < 4.78 is 10.6. The van der Waals surface area contributed by atoms with Crippen molar-refractivity contribution >= 4 is 5.97 Å². The minimum atomic E-state index is -0.138. The smallest absolute Gasteiger partial charge is 0.307 e. The third-order valence-electron chi connectivity index (χ3n) is 3.11. The van der Waals surface area contributed by atoms with Gasteiger partial charge in [0.1, 0.15) is 5.75 Å². The van der Waals surface area contributed by atoms with E-state index in [1.807, 2.05) is 38.2 Å². The molecule has 0 saturated heterocycles. The fourth-order valence-electron chi connectivity index (χ4n) is 1.87. The first-order chi connectivity index (χ1) is 10.2. The summed E-state index contributed by atoms with van der Waals surface area (Å²) in [4.78, 5) is 13.3. The molecule has 5 heteroatoms. The summed E-state index contributed by atoms with van der Waals surface area (Å²) in [5, 5.41) is 0.